The zero-order valence-electron chi connectivity index (χ0n) is 16.0. The van der Waals surface area contributed by atoms with E-state index in [4.69, 9.17) is 4.74 Å². The van der Waals surface area contributed by atoms with Gasteiger partial charge in [0.15, 0.2) is 5.96 Å². The molecule has 144 valence electrons. The second kappa shape index (κ2) is 10.2. The summed E-state index contributed by atoms with van der Waals surface area (Å²) < 4.78 is 5.18. The van der Waals surface area contributed by atoms with Crippen LogP contribution in [0.2, 0.25) is 0 Å². The Bertz CT molecular complexity index is 887. The first-order valence-electron chi connectivity index (χ1n) is 8.84. The second-order valence-corrected chi connectivity index (χ2v) is 6.26. The van der Waals surface area contributed by atoms with Gasteiger partial charge in [0.25, 0.3) is 0 Å². The van der Waals surface area contributed by atoms with Crippen LogP contribution < -0.4 is 15.4 Å². The molecule has 2 aromatic carbocycles. The lowest BCUT2D eigenvalue weighted by Crippen LogP contribution is -2.37. The molecule has 0 spiro atoms. The number of methoxy groups -OCH3 is 1. The van der Waals surface area contributed by atoms with Crippen LogP contribution in [0.15, 0.2) is 53.7 Å². The van der Waals surface area contributed by atoms with Gasteiger partial charge in [-0.3, -0.25) is 4.99 Å². The number of aromatic amines is 1. The van der Waals surface area contributed by atoms with Gasteiger partial charge in [0.1, 0.15) is 5.75 Å². The van der Waals surface area contributed by atoms with Crippen molar-refractivity contribution in [1.29, 1.82) is 0 Å². The number of aromatic nitrogens is 1. The Labute approximate surface area is 177 Å². The maximum Gasteiger partial charge on any atom is 0.191 e. The summed E-state index contributed by atoms with van der Waals surface area (Å²) in [6.45, 7) is 3.70. The van der Waals surface area contributed by atoms with Crippen LogP contribution in [0.25, 0.3) is 10.9 Å². The Hall–Kier alpha value is -2.22. The number of hydrogen-bond acceptors (Lipinski definition) is 2. The average molecular weight is 478 g/mol. The first-order valence-corrected chi connectivity index (χ1v) is 8.84. The van der Waals surface area contributed by atoms with Crippen LogP contribution in [0, 0.1) is 6.92 Å². The van der Waals surface area contributed by atoms with E-state index < -0.39 is 0 Å². The van der Waals surface area contributed by atoms with Gasteiger partial charge in [-0.05, 0) is 48.2 Å². The second-order valence-electron chi connectivity index (χ2n) is 6.26. The van der Waals surface area contributed by atoms with E-state index in [9.17, 15) is 0 Å². The molecule has 0 aliphatic rings. The number of nitrogens with zero attached hydrogens (tertiary/aromatic N) is 1. The predicted molar refractivity (Wildman–Crippen MR) is 123 cm³/mol. The van der Waals surface area contributed by atoms with Crippen LogP contribution in [0.4, 0.5) is 0 Å². The number of nitrogens with one attached hydrogen (secondary N) is 3. The number of ether oxygens (including phenoxy) is 1. The number of aryl methyl sites for hydroxylation is 1. The third kappa shape index (κ3) is 5.38. The van der Waals surface area contributed by atoms with Gasteiger partial charge in [-0.25, -0.2) is 0 Å². The fourth-order valence-corrected chi connectivity index (χ4v) is 3.11. The van der Waals surface area contributed by atoms with E-state index in [2.05, 4.69) is 51.9 Å². The topological polar surface area (TPSA) is 61.4 Å². The SMILES string of the molecule is CN=C(NCCc1c[nH]c2cccc(C)c12)NCc1ccc(OC)cc1.I. The highest BCUT2D eigenvalue weighted by Gasteiger charge is 2.06. The third-order valence-electron chi connectivity index (χ3n) is 4.53. The van der Waals surface area contributed by atoms with Gasteiger partial charge in [-0.2, -0.15) is 0 Å². The Balaban J connectivity index is 0.00000261. The Morgan fingerprint density at radius 2 is 1.89 bits per heavy atom. The summed E-state index contributed by atoms with van der Waals surface area (Å²) in [6.07, 6.45) is 3.04. The predicted octanol–water partition coefficient (Wildman–Crippen LogP) is 4.01. The van der Waals surface area contributed by atoms with E-state index >= 15 is 0 Å². The van der Waals surface area contributed by atoms with E-state index in [-0.39, 0.29) is 24.0 Å². The third-order valence-corrected chi connectivity index (χ3v) is 4.53. The van der Waals surface area contributed by atoms with E-state index in [0.29, 0.717) is 0 Å². The molecule has 1 heterocycles. The van der Waals surface area contributed by atoms with Gasteiger partial charge < -0.3 is 20.4 Å². The molecule has 0 saturated carbocycles. The highest BCUT2D eigenvalue weighted by atomic mass is 127. The number of halogens is 1. The van der Waals surface area contributed by atoms with Crippen molar-refractivity contribution in [2.45, 2.75) is 19.9 Å². The highest BCUT2D eigenvalue weighted by Crippen LogP contribution is 2.22. The molecule has 0 radical (unpaired) electrons. The van der Waals surface area contributed by atoms with E-state index in [1.807, 2.05) is 24.3 Å². The van der Waals surface area contributed by atoms with Crippen LogP contribution in [0.3, 0.4) is 0 Å². The Kier molecular flexibility index (Phi) is 7.97. The first-order chi connectivity index (χ1) is 12.7. The maximum atomic E-state index is 5.18. The molecule has 0 fully saturated rings. The van der Waals surface area contributed by atoms with Crippen LogP contribution in [0.1, 0.15) is 16.7 Å². The largest absolute Gasteiger partial charge is 0.497 e. The summed E-state index contributed by atoms with van der Waals surface area (Å²) in [5.74, 6) is 1.67. The van der Waals surface area contributed by atoms with Gasteiger partial charge in [-0.1, -0.05) is 24.3 Å². The zero-order chi connectivity index (χ0) is 18.4. The van der Waals surface area contributed by atoms with Gasteiger partial charge in [0.2, 0.25) is 0 Å². The molecule has 0 atom stereocenters. The van der Waals surface area contributed by atoms with Crippen LogP contribution in [-0.2, 0) is 13.0 Å². The lowest BCUT2D eigenvalue weighted by molar-refractivity contribution is 0.414. The smallest absolute Gasteiger partial charge is 0.191 e. The van der Waals surface area contributed by atoms with Crippen molar-refractivity contribution < 1.29 is 4.74 Å². The molecular formula is C21H27IN4O. The summed E-state index contributed by atoms with van der Waals surface area (Å²) in [5, 5.41) is 8.06. The summed E-state index contributed by atoms with van der Waals surface area (Å²) in [4.78, 5) is 7.65. The molecule has 0 bridgehead atoms. The molecule has 0 saturated heterocycles. The molecule has 3 aromatic rings. The van der Waals surface area contributed by atoms with Crippen LogP contribution in [-0.4, -0.2) is 31.6 Å². The summed E-state index contributed by atoms with van der Waals surface area (Å²) >= 11 is 0. The fourth-order valence-electron chi connectivity index (χ4n) is 3.11. The molecule has 3 N–H and O–H groups in total. The van der Waals surface area contributed by atoms with Gasteiger partial charge in [0, 0.05) is 37.2 Å². The minimum absolute atomic E-state index is 0. The number of benzene rings is 2. The minimum Gasteiger partial charge on any atom is -0.497 e. The van der Waals surface area contributed by atoms with Crippen molar-refractivity contribution in [2.24, 2.45) is 4.99 Å². The lowest BCUT2D eigenvalue weighted by Gasteiger charge is -2.12. The molecule has 0 unspecified atom stereocenters. The average Bonchev–Trinajstić information content (AvgIpc) is 3.09. The van der Waals surface area contributed by atoms with Crippen molar-refractivity contribution in [2.75, 3.05) is 20.7 Å². The normalized spacial score (nSPS) is 11.1. The zero-order valence-corrected chi connectivity index (χ0v) is 18.3. The Morgan fingerprint density at radius 1 is 1.11 bits per heavy atom. The van der Waals surface area contributed by atoms with Crippen molar-refractivity contribution in [3.8, 4) is 5.75 Å². The summed E-state index contributed by atoms with van der Waals surface area (Å²) in [7, 11) is 3.47. The highest BCUT2D eigenvalue weighted by molar-refractivity contribution is 14.0. The fraction of sp³-hybridized carbons (Fsp3) is 0.286. The number of hydrogen-bond donors (Lipinski definition) is 3. The number of fused-ring (bicyclic) bond motifs is 1. The van der Waals surface area contributed by atoms with E-state index in [1.54, 1.807) is 14.2 Å². The first kappa shape index (κ1) is 21.1. The molecule has 27 heavy (non-hydrogen) atoms. The minimum atomic E-state index is 0. The number of guanidine groups is 1. The molecule has 0 amide bonds. The van der Waals surface area contributed by atoms with Crippen molar-refractivity contribution >= 4 is 40.8 Å². The van der Waals surface area contributed by atoms with Gasteiger partial charge in [0.05, 0.1) is 7.11 Å². The standard InChI is InChI=1S/C21H26N4O.HI/c1-15-5-4-6-19-20(15)17(14-24-19)11-12-23-21(22-2)25-13-16-7-9-18(26-3)10-8-16;/h4-10,14,24H,11-13H2,1-3H3,(H2,22,23,25);1H. The van der Waals surface area contributed by atoms with E-state index in [1.165, 1.54) is 27.6 Å². The Morgan fingerprint density at radius 3 is 2.59 bits per heavy atom. The van der Waals surface area contributed by atoms with E-state index in [0.717, 1.165) is 31.2 Å². The van der Waals surface area contributed by atoms with Crippen molar-refractivity contribution in [1.82, 2.24) is 15.6 Å². The maximum absolute atomic E-state index is 5.18. The lowest BCUT2D eigenvalue weighted by atomic mass is 10.1. The molecule has 0 aliphatic heterocycles. The van der Waals surface area contributed by atoms with Gasteiger partial charge >= 0.3 is 0 Å². The van der Waals surface area contributed by atoms with Crippen LogP contribution >= 0.6 is 24.0 Å². The summed E-state index contributed by atoms with van der Waals surface area (Å²) in [6, 6.07) is 14.4. The number of aliphatic imine (C=N–C) groups is 1. The molecule has 1 aromatic heterocycles. The summed E-state index contributed by atoms with van der Waals surface area (Å²) in [5.41, 5.74) is 5.01. The quantitative estimate of drug-likeness (QED) is 0.285. The molecule has 3 rings (SSSR count). The van der Waals surface area contributed by atoms with Crippen LogP contribution in [0.5, 0.6) is 5.75 Å². The molecule has 0 aliphatic carbocycles. The van der Waals surface area contributed by atoms with Crippen molar-refractivity contribution in [3.05, 3.63) is 65.4 Å². The van der Waals surface area contributed by atoms with Gasteiger partial charge in [-0.15, -0.1) is 24.0 Å². The van der Waals surface area contributed by atoms with Crippen molar-refractivity contribution in [3.63, 3.8) is 0 Å². The molecule has 6 heteroatoms. The monoisotopic (exact) mass is 478 g/mol. The molecule has 5 nitrogen and oxygen atoms in total. The molecular weight excluding hydrogens is 451 g/mol. The number of H-pyrrole nitrogens is 1. The number of rotatable bonds is 6.